The number of aryl methyl sites for hydroxylation is 1. The van der Waals surface area contributed by atoms with Gasteiger partial charge in [0.1, 0.15) is 11.6 Å². The van der Waals surface area contributed by atoms with Gasteiger partial charge >= 0.3 is 0 Å². The Bertz CT molecular complexity index is 1240. The van der Waals surface area contributed by atoms with E-state index in [-0.39, 0.29) is 11.7 Å². The molecule has 0 saturated heterocycles. The Morgan fingerprint density at radius 3 is 2.59 bits per heavy atom. The highest BCUT2D eigenvalue weighted by Crippen LogP contribution is 2.27. The molecule has 0 bridgehead atoms. The highest BCUT2D eigenvalue weighted by atomic mass is 32.1. The van der Waals surface area contributed by atoms with Crippen molar-refractivity contribution in [1.29, 1.82) is 0 Å². The lowest BCUT2D eigenvalue weighted by molar-refractivity contribution is 0.0995. The molecule has 27 heavy (non-hydrogen) atoms. The van der Waals surface area contributed by atoms with Crippen molar-refractivity contribution in [1.82, 2.24) is 4.57 Å². The molecule has 4 nitrogen and oxygen atoms in total. The maximum absolute atomic E-state index is 13.5. The molecule has 4 rings (SSSR count). The Morgan fingerprint density at radius 2 is 1.89 bits per heavy atom. The first kappa shape index (κ1) is 17.4. The van der Waals surface area contributed by atoms with E-state index < -0.39 is 0 Å². The molecule has 0 atom stereocenters. The third-order valence-corrected chi connectivity index (χ3v) is 5.50. The molecule has 6 heteroatoms. The normalized spacial score (nSPS) is 12.0. The number of halogens is 1. The van der Waals surface area contributed by atoms with Crippen LogP contribution in [0.1, 0.15) is 17.3 Å². The van der Waals surface area contributed by atoms with Gasteiger partial charge in [-0.15, -0.1) is 0 Å². The van der Waals surface area contributed by atoms with Gasteiger partial charge in [-0.25, -0.2) is 4.39 Å². The smallest absolute Gasteiger partial charge is 0.283 e. The van der Waals surface area contributed by atoms with Crippen molar-refractivity contribution in [3.63, 3.8) is 0 Å². The van der Waals surface area contributed by atoms with Crippen LogP contribution in [0.4, 0.5) is 4.39 Å². The molecule has 0 saturated carbocycles. The second-order valence-electron chi connectivity index (χ2n) is 6.06. The van der Waals surface area contributed by atoms with Gasteiger partial charge in [0.2, 0.25) is 0 Å². The van der Waals surface area contributed by atoms with E-state index in [1.165, 1.54) is 30.6 Å². The van der Waals surface area contributed by atoms with Gasteiger partial charge in [-0.05, 0) is 48.0 Å². The van der Waals surface area contributed by atoms with Crippen LogP contribution in [0.15, 0.2) is 59.6 Å². The van der Waals surface area contributed by atoms with Gasteiger partial charge in [-0.1, -0.05) is 35.6 Å². The average molecular weight is 380 g/mol. The summed E-state index contributed by atoms with van der Waals surface area (Å²) in [6.45, 7) is 2.60. The third-order valence-electron chi connectivity index (χ3n) is 4.46. The quantitative estimate of drug-likeness (QED) is 0.514. The monoisotopic (exact) mass is 380 g/mol. The van der Waals surface area contributed by atoms with Gasteiger partial charge < -0.3 is 9.30 Å². The maximum atomic E-state index is 13.5. The highest BCUT2D eigenvalue weighted by Gasteiger charge is 2.14. The second kappa shape index (κ2) is 6.96. The first-order chi connectivity index (χ1) is 13.1. The van der Waals surface area contributed by atoms with Crippen LogP contribution < -0.4 is 9.54 Å². The minimum Gasteiger partial charge on any atom is -0.496 e. The molecule has 1 heterocycles. The fourth-order valence-corrected chi connectivity index (χ4v) is 4.26. The summed E-state index contributed by atoms with van der Waals surface area (Å²) in [6, 6.07) is 16.0. The van der Waals surface area contributed by atoms with Gasteiger partial charge in [0.05, 0.1) is 22.9 Å². The van der Waals surface area contributed by atoms with Gasteiger partial charge in [-0.2, -0.15) is 4.99 Å². The van der Waals surface area contributed by atoms with Crippen molar-refractivity contribution in [2.24, 2.45) is 4.99 Å². The van der Waals surface area contributed by atoms with E-state index in [0.29, 0.717) is 22.7 Å². The Hall–Kier alpha value is -2.99. The molecule has 136 valence electrons. The Kier molecular flexibility index (Phi) is 4.49. The number of aromatic nitrogens is 1. The zero-order valence-electron chi connectivity index (χ0n) is 14.9. The molecule has 0 spiro atoms. The van der Waals surface area contributed by atoms with E-state index >= 15 is 0 Å². The summed E-state index contributed by atoms with van der Waals surface area (Å²) in [5.74, 6) is -0.203. The summed E-state index contributed by atoms with van der Waals surface area (Å²) >= 11 is 1.30. The highest BCUT2D eigenvalue weighted by molar-refractivity contribution is 7.16. The van der Waals surface area contributed by atoms with Crippen molar-refractivity contribution in [3.8, 4) is 5.75 Å². The largest absolute Gasteiger partial charge is 0.496 e. The summed E-state index contributed by atoms with van der Waals surface area (Å²) < 4.78 is 21.6. The van der Waals surface area contributed by atoms with Crippen molar-refractivity contribution in [2.45, 2.75) is 13.5 Å². The number of benzene rings is 3. The van der Waals surface area contributed by atoms with Crippen molar-refractivity contribution < 1.29 is 13.9 Å². The number of methoxy groups -OCH3 is 1. The lowest BCUT2D eigenvalue weighted by Crippen LogP contribution is -2.16. The number of hydrogen-bond donors (Lipinski definition) is 0. The van der Waals surface area contributed by atoms with E-state index in [1.807, 2.05) is 41.8 Å². The van der Waals surface area contributed by atoms with Crippen molar-refractivity contribution in [3.05, 3.63) is 70.8 Å². The van der Waals surface area contributed by atoms with Gasteiger partial charge in [-0.3, -0.25) is 4.79 Å². The van der Waals surface area contributed by atoms with Gasteiger partial charge in [0.15, 0.2) is 4.80 Å². The number of amides is 1. The summed E-state index contributed by atoms with van der Waals surface area (Å²) in [7, 11) is 1.54. The molecular formula is C21H17FN2O2S. The summed E-state index contributed by atoms with van der Waals surface area (Å²) in [4.78, 5) is 17.8. The van der Waals surface area contributed by atoms with E-state index in [4.69, 9.17) is 4.74 Å². The number of rotatable bonds is 3. The standard InChI is InChI=1S/C21H17FN2O2S/c1-3-24-17-9-8-15(22)12-19(17)27-21(24)23-20(25)16-10-13-6-4-5-7-14(13)11-18(16)26-2/h4-12H,3H2,1-2H3. The molecule has 4 aromatic rings. The van der Waals surface area contributed by atoms with E-state index in [9.17, 15) is 9.18 Å². The van der Waals surface area contributed by atoms with Crippen LogP contribution in [-0.4, -0.2) is 17.6 Å². The molecule has 0 aliphatic heterocycles. The minimum atomic E-state index is -0.383. The second-order valence-corrected chi connectivity index (χ2v) is 7.07. The van der Waals surface area contributed by atoms with Crippen LogP contribution in [0.25, 0.3) is 21.0 Å². The summed E-state index contributed by atoms with van der Waals surface area (Å²) in [6.07, 6.45) is 0. The molecule has 1 amide bonds. The number of carbonyl (C=O) groups is 1. The predicted molar refractivity (Wildman–Crippen MR) is 106 cm³/mol. The number of nitrogens with zero attached hydrogens (tertiary/aromatic N) is 2. The zero-order valence-corrected chi connectivity index (χ0v) is 15.7. The average Bonchev–Trinajstić information content (AvgIpc) is 3.02. The van der Waals surface area contributed by atoms with Crippen LogP contribution in [0, 0.1) is 5.82 Å². The minimum absolute atomic E-state index is 0.305. The number of thiazole rings is 1. The Morgan fingerprint density at radius 1 is 1.15 bits per heavy atom. The van der Waals surface area contributed by atoms with Gasteiger partial charge in [0, 0.05) is 6.54 Å². The SMILES string of the molecule is CCn1c(=NC(=O)c2cc3ccccc3cc2OC)sc2cc(F)ccc21. The number of hydrogen-bond acceptors (Lipinski definition) is 3. The lowest BCUT2D eigenvalue weighted by atomic mass is 10.1. The third kappa shape index (κ3) is 3.13. The van der Waals surface area contributed by atoms with Crippen molar-refractivity contribution >= 4 is 38.2 Å². The molecule has 1 aromatic heterocycles. The molecular weight excluding hydrogens is 363 g/mol. The van der Waals surface area contributed by atoms with E-state index in [1.54, 1.807) is 12.1 Å². The molecule has 0 aliphatic carbocycles. The lowest BCUT2D eigenvalue weighted by Gasteiger charge is -2.07. The first-order valence-electron chi connectivity index (χ1n) is 8.55. The summed E-state index contributed by atoms with van der Waals surface area (Å²) in [5, 5.41) is 1.94. The molecule has 0 radical (unpaired) electrons. The molecule has 0 N–H and O–H groups in total. The zero-order chi connectivity index (χ0) is 19.0. The fourth-order valence-electron chi connectivity index (χ4n) is 3.14. The number of ether oxygens (including phenoxy) is 1. The van der Waals surface area contributed by atoms with Crippen molar-refractivity contribution in [2.75, 3.05) is 7.11 Å². The van der Waals surface area contributed by atoms with Crippen LogP contribution in [0.2, 0.25) is 0 Å². The van der Waals surface area contributed by atoms with Gasteiger partial charge in [0.25, 0.3) is 5.91 Å². The first-order valence-corrected chi connectivity index (χ1v) is 9.37. The number of fused-ring (bicyclic) bond motifs is 2. The number of carbonyl (C=O) groups excluding carboxylic acids is 1. The Labute approximate surface area is 159 Å². The molecule has 0 unspecified atom stereocenters. The molecule has 3 aromatic carbocycles. The van der Waals surface area contributed by atoms with Crippen LogP contribution >= 0.6 is 11.3 Å². The molecule has 0 fully saturated rings. The van der Waals surface area contributed by atoms with E-state index in [2.05, 4.69) is 4.99 Å². The topological polar surface area (TPSA) is 43.6 Å². The fraction of sp³-hybridized carbons (Fsp3) is 0.143. The molecule has 0 aliphatic rings. The Balaban J connectivity index is 1.89. The van der Waals surface area contributed by atoms with Crippen LogP contribution in [0.3, 0.4) is 0 Å². The maximum Gasteiger partial charge on any atom is 0.283 e. The van der Waals surface area contributed by atoms with E-state index in [0.717, 1.165) is 21.0 Å². The predicted octanol–water partition coefficient (Wildman–Crippen LogP) is 4.76. The van der Waals surface area contributed by atoms with Crippen LogP contribution in [0.5, 0.6) is 5.75 Å². The summed E-state index contributed by atoms with van der Waals surface area (Å²) in [5.41, 5.74) is 1.27. The van der Waals surface area contributed by atoms with Crippen LogP contribution in [-0.2, 0) is 6.54 Å².